The number of rotatable bonds is 2. The lowest BCUT2D eigenvalue weighted by Gasteiger charge is -2.23. The first-order valence-electron chi connectivity index (χ1n) is 5.61. The highest BCUT2D eigenvalue weighted by atomic mass is 19.4. The third-order valence-electron chi connectivity index (χ3n) is 4.01. The lowest BCUT2D eigenvalue weighted by Crippen LogP contribution is -2.28. The molecule has 2 N–H and O–H groups in total. The maximum atomic E-state index is 13.0. The van der Waals surface area contributed by atoms with Crippen molar-refractivity contribution in [3.05, 3.63) is 35.4 Å². The van der Waals surface area contributed by atoms with Crippen molar-refractivity contribution in [2.24, 2.45) is 11.1 Å². The number of benzene rings is 1. The monoisotopic (exact) mass is 243 g/mol. The average Bonchev–Trinajstić information content (AvgIpc) is 2.81. The van der Waals surface area contributed by atoms with Gasteiger partial charge >= 0.3 is 6.18 Å². The maximum Gasteiger partial charge on any atom is 0.416 e. The highest BCUT2D eigenvalue weighted by Crippen LogP contribution is 2.65. The standard InChI is InChI=1S/C13H16F3N/c1-11(2)7-12(11,8-17)9-5-3-4-6-10(9)13(14,15)16/h3-6H,7-8,17H2,1-2H3. The van der Waals surface area contributed by atoms with Crippen molar-refractivity contribution in [1.82, 2.24) is 0 Å². The number of halogens is 3. The van der Waals surface area contributed by atoms with E-state index in [4.69, 9.17) is 5.73 Å². The summed E-state index contributed by atoms with van der Waals surface area (Å²) >= 11 is 0. The summed E-state index contributed by atoms with van der Waals surface area (Å²) in [6.07, 6.45) is -3.60. The second-order valence-corrected chi connectivity index (χ2v) is 5.39. The van der Waals surface area contributed by atoms with Gasteiger partial charge in [0, 0.05) is 12.0 Å². The fourth-order valence-corrected chi connectivity index (χ4v) is 2.78. The van der Waals surface area contributed by atoms with Crippen LogP contribution in [0, 0.1) is 5.41 Å². The fraction of sp³-hybridized carbons (Fsp3) is 0.538. The van der Waals surface area contributed by atoms with Gasteiger partial charge in [0.2, 0.25) is 0 Å². The molecule has 0 aliphatic heterocycles. The lowest BCUT2D eigenvalue weighted by atomic mass is 9.85. The molecule has 0 heterocycles. The van der Waals surface area contributed by atoms with Crippen molar-refractivity contribution in [2.75, 3.05) is 6.54 Å². The topological polar surface area (TPSA) is 26.0 Å². The highest BCUT2D eigenvalue weighted by Gasteiger charge is 2.62. The van der Waals surface area contributed by atoms with Gasteiger partial charge in [-0.25, -0.2) is 0 Å². The summed E-state index contributed by atoms with van der Waals surface area (Å²) in [7, 11) is 0. The second kappa shape index (κ2) is 3.48. The van der Waals surface area contributed by atoms with E-state index in [-0.39, 0.29) is 12.0 Å². The summed E-state index contributed by atoms with van der Waals surface area (Å²) in [5.74, 6) is 0. The predicted molar refractivity (Wildman–Crippen MR) is 60.6 cm³/mol. The van der Waals surface area contributed by atoms with Gasteiger partial charge in [0.1, 0.15) is 0 Å². The molecule has 4 heteroatoms. The van der Waals surface area contributed by atoms with Crippen molar-refractivity contribution in [1.29, 1.82) is 0 Å². The van der Waals surface area contributed by atoms with E-state index in [9.17, 15) is 13.2 Å². The van der Waals surface area contributed by atoms with Crippen LogP contribution in [0.2, 0.25) is 0 Å². The number of hydrogen-bond acceptors (Lipinski definition) is 1. The second-order valence-electron chi connectivity index (χ2n) is 5.39. The summed E-state index contributed by atoms with van der Waals surface area (Å²) in [5.41, 5.74) is 4.86. The van der Waals surface area contributed by atoms with Gasteiger partial charge < -0.3 is 5.73 Å². The molecule has 1 aromatic rings. The molecule has 94 valence electrons. The Morgan fingerprint density at radius 2 is 1.76 bits per heavy atom. The average molecular weight is 243 g/mol. The van der Waals surface area contributed by atoms with Crippen LogP contribution < -0.4 is 5.73 Å². The van der Waals surface area contributed by atoms with E-state index in [1.165, 1.54) is 6.07 Å². The first-order valence-corrected chi connectivity index (χ1v) is 5.61. The van der Waals surface area contributed by atoms with E-state index in [0.29, 0.717) is 12.0 Å². The Balaban J connectivity index is 2.54. The fourth-order valence-electron chi connectivity index (χ4n) is 2.78. The summed E-state index contributed by atoms with van der Waals surface area (Å²) in [6.45, 7) is 4.19. The third-order valence-corrected chi connectivity index (χ3v) is 4.01. The molecule has 0 radical (unpaired) electrons. The van der Waals surface area contributed by atoms with Gasteiger partial charge in [0.05, 0.1) is 5.56 Å². The molecular weight excluding hydrogens is 227 g/mol. The Bertz CT molecular complexity index is 437. The van der Waals surface area contributed by atoms with Crippen molar-refractivity contribution in [2.45, 2.75) is 31.9 Å². The molecule has 1 aliphatic rings. The molecular formula is C13H16F3N. The predicted octanol–water partition coefficient (Wildman–Crippen LogP) is 3.33. The normalized spacial score (nSPS) is 26.9. The molecule has 0 amide bonds. The molecule has 0 bridgehead atoms. The molecule has 0 spiro atoms. The van der Waals surface area contributed by atoms with E-state index < -0.39 is 17.2 Å². The quantitative estimate of drug-likeness (QED) is 0.847. The van der Waals surface area contributed by atoms with Crippen LogP contribution in [-0.4, -0.2) is 6.54 Å². The molecule has 1 aromatic carbocycles. The van der Waals surface area contributed by atoms with Crippen molar-refractivity contribution < 1.29 is 13.2 Å². The molecule has 1 fully saturated rings. The first-order chi connectivity index (χ1) is 7.74. The van der Waals surface area contributed by atoms with Crippen LogP contribution in [0.3, 0.4) is 0 Å². The van der Waals surface area contributed by atoms with Crippen LogP contribution in [0.15, 0.2) is 24.3 Å². The third kappa shape index (κ3) is 1.75. The summed E-state index contributed by atoms with van der Waals surface area (Å²) in [5, 5.41) is 0. The molecule has 0 saturated heterocycles. The minimum absolute atomic E-state index is 0.150. The zero-order valence-corrected chi connectivity index (χ0v) is 9.93. The molecule has 1 atom stereocenters. The van der Waals surface area contributed by atoms with Crippen LogP contribution >= 0.6 is 0 Å². The minimum atomic E-state index is -4.31. The Labute approximate surface area is 98.8 Å². The van der Waals surface area contributed by atoms with E-state index >= 15 is 0 Å². The van der Waals surface area contributed by atoms with Crippen LogP contribution in [-0.2, 0) is 11.6 Å². The van der Waals surface area contributed by atoms with Crippen LogP contribution in [0.1, 0.15) is 31.4 Å². The van der Waals surface area contributed by atoms with Gasteiger partial charge in [-0.1, -0.05) is 32.0 Å². The van der Waals surface area contributed by atoms with Gasteiger partial charge in [-0.05, 0) is 23.5 Å². The van der Waals surface area contributed by atoms with Gasteiger partial charge in [0.15, 0.2) is 0 Å². The van der Waals surface area contributed by atoms with E-state index in [0.717, 1.165) is 6.07 Å². The molecule has 1 saturated carbocycles. The molecule has 1 unspecified atom stereocenters. The highest BCUT2D eigenvalue weighted by molar-refractivity contribution is 5.44. The van der Waals surface area contributed by atoms with Crippen molar-refractivity contribution in [3.8, 4) is 0 Å². The lowest BCUT2D eigenvalue weighted by molar-refractivity contribution is -0.138. The summed E-state index contributed by atoms with van der Waals surface area (Å²) in [6, 6.07) is 5.77. The van der Waals surface area contributed by atoms with Crippen molar-refractivity contribution >= 4 is 0 Å². The Kier molecular flexibility index (Phi) is 2.54. The van der Waals surface area contributed by atoms with Crippen LogP contribution in [0.25, 0.3) is 0 Å². The molecule has 0 aromatic heterocycles. The number of nitrogens with two attached hydrogens (primary N) is 1. The molecule has 1 aliphatic carbocycles. The smallest absolute Gasteiger partial charge is 0.330 e. The minimum Gasteiger partial charge on any atom is -0.330 e. The Morgan fingerprint density at radius 3 is 2.18 bits per heavy atom. The maximum absolute atomic E-state index is 13.0. The molecule has 17 heavy (non-hydrogen) atoms. The largest absolute Gasteiger partial charge is 0.416 e. The SMILES string of the molecule is CC1(C)CC1(CN)c1ccccc1C(F)(F)F. The van der Waals surface area contributed by atoms with Crippen LogP contribution in [0.5, 0.6) is 0 Å². The number of hydrogen-bond donors (Lipinski definition) is 1. The Hall–Kier alpha value is -1.03. The zero-order chi connectivity index (χ0) is 12.9. The summed E-state index contributed by atoms with van der Waals surface area (Å²) in [4.78, 5) is 0. The zero-order valence-electron chi connectivity index (χ0n) is 9.93. The van der Waals surface area contributed by atoms with E-state index in [1.807, 2.05) is 13.8 Å². The van der Waals surface area contributed by atoms with Gasteiger partial charge in [-0.3, -0.25) is 0 Å². The Morgan fingerprint density at radius 1 is 1.24 bits per heavy atom. The van der Waals surface area contributed by atoms with E-state index in [1.54, 1.807) is 12.1 Å². The van der Waals surface area contributed by atoms with Gasteiger partial charge in [-0.15, -0.1) is 0 Å². The molecule has 1 nitrogen and oxygen atoms in total. The first kappa shape index (κ1) is 12.4. The van der Waals surface area contributed by atoms with Crippen LogP contribution in [0.4, 0.5) is 13.2 Å². The van der Waals surface area contributed by atoms with E-state index in [2.05, 4.69) is 0 Å². The van der Waals surface area contributed by atoms with Gasteiger partial charge in [0.25, 0.3) is 0 Å². The van der Waals surface area contributed by atoms with Gasteiger partial charge in [-0.2, -0.15) is 13.2 Å². The summed E-state index contributed by atoms with van der Waals surface area (Å²) < 4.78 is 38.9. The number of alkyl halides is 3. The molecule has 2 rings (SSSR count). The van der Waals surface area contributed by atoms with Crippen molar-refractivity contribution in [3.63, 3.8) is 0 Å².